The number of rotatable bonds is 6. The van der Waals surface area contributed by atoms with Crippen LogP contribution in [0.15, 0.2) is 5.18 Å². The van der Waals surface area contributed by atoms with Crippen molar-refractivity contribution in [2.45, 2.75) is 56.7 Å². The molecule has 90 valence electrons. The topological polar surface area (TPSA) is 84.5 Å². The molecular formula is C11H19N3O2. The second kappa shape index (κ2) is 4.91. The number of nitrogens with two attached hydrogens (primary N) is 1. The predicted molar refractivity (Wildman–Crippen MR) is 60.7 cm³/mol. The van der Waals surface area contributed by atoms with Gasteiger partial charge in [0.25, 0.3) is 0 Å². The molecule has 0 heterocycles. The van der Waals surface area contributed by atoms with E-state index in [0.29, 0.717) is 5.92 Å². The molecule has 5 heteroatoms. The summed E-state index contributed by atoms with van der Waals surface area (Å²) in [5.74, 6) is 0.303. The fourth-order valence-corrected chi connectivity index (χ4v) is 2.08. The molecule has 2 aliphatic rings. The lowest BCUT2D eigenvalue weighted by atomic mass is 9.80. The van der Waals surface area contributed by atoms with Crippen LogP contribution in [0.4, 0.5) is 0 Å². The average Bonchev–Trinajstić information content (AvgIpc) is 2.96. The van der Waals surface area contributed by atoms with Gasteiger partial charge in [0.15, 0.2) is 6.04 Å². The van der Waals surface area contributed by atoms with Gasteiger partial charge in [-0.05, 0) is 25.2 Å². The number of carbonyl (C=O) groups excluding carboxylic acids is 1. The van der Waals surface area contributed by atoms with E-state index in [4.69, 9.17) is 5.73 Å². The van der Waals surface area contributed by atoms with Gasteiger partial charge >= 0.3 is 0 Å². The zero-order chi connectivity index (χ0) is 11.5. The molecule has 2 rings (SSSR count). The van der Waals surface area contributed by atoms with Crippen molar-refractivity contribution < 1.29 is 4.79 Å². The summed E-state index contributed by atoms with van der Waals surface area (Å²) in [4.78, 5) is 22.4. The highest BCUT2D eigenvalue weighted by atomic mass is 16.3. The van der Waals surface area contributed by atoms with E-state index in [2.05, 4.69) is 10.5 Å². The monoisotopic (exact) mass is 225 g/mol. The Labute approximate surface area is 95.1 Å². The summed E-state index contributed by atoms with van der Waals surface area (Å²) in [7, 11) is 0. The molecule has 0 radical (unpaired) electrons. The minimum absolute atomic E-state index is 0.257. The van der Waals surface area contributed by atoms with Crippen molar-refractivity contribution in [1.29, 1.82) is 0 Å². The Balaban J connectivity index is 1.80. The van der Waals surface area contributed by atoms with E-state index in [0.717, 1.165) is 19.3 Å². The molecule has 2 saturated carbocycles. The molecule has 0 spiro atoms. The molecule has 0 aromatic carbocycles. The summed E-state index contributed by atoms with van der Waals surface area (Å²) in [5, 5.41) is 5.68. The van der Waals surface area contributed by atoms with E-state index >= 15 is 0 Å². The first-order valence-corrected chi connectivity index (χ1v) is 6.09. The summed E-state index contributed by atoms with van der Waals surface area (Å²) in [5.41, 5.74) is 5.88. The smallest absolute Gasteiger partial charge is 0.250 e. The van der Waals surface area contributed by atoms with Crippen LogP contribution in [0.2, 0.25) is 0 Å². The molecule has 5 nitrogen and oxygen atoms in total. The molecule has 1 amide bonds. The number of carbonyl (C=O) groups is 1. The van der Waals surface area contributed by atoms with Gasteiger partial charge in [-0.1, -0.05) is 24.4 Å². The largest absolute Gasteiger partial charge is 0.351 e. The average molecular weight is 225 g/mol. The first-order chi connectivity index (χ1) is 7.70. The lowest BCUT2D eigenvalue weighted by Crippen LogP contribution is -2.47. The number of amides is 1. The highest BCUT2D eigenvalue weighted by Crippen LogP contribution is 2.31. The molecule has 16 heavy (non-hydrogen) atoms. The van der Waals surface area contributed by atoms with Gasteiger partial charge in [-0.2, -0.15) is 0 Å². The minimum atomic E-state index is -0.902. The van der Waals surface area contributed by atoms with Crippen LogP contribution in [0.5, 0.6) is 0 Å². The third kappa shape index (κ3) is 2.78. The predicted octanol–water partition coefficient (Wildman–Crippen LogP) is 0.917. The number of nitrogens with one attached hydrogen (secondary N) is 1. The van der Waals surface area contributed by atoms with E-state index in [1.54, 1.807) is 0 Å². The van der Waals surface area contributed by atoms with Crippen LogP contribution in [0.3, 0.4) is 0 Å². The van der Waals surface area contributed by atoms with Gasteiger partial charge in [0.05, 0.1) is 0 Å². The van der Waals surface area contributed by atoms with Gasteiger partial charge in [-0.15, -0.1) is 4.91 Å². The Morgan fingerprint density at radius 2 is 2.06 bits per heavy atom. The van der Waals surface area contributed by atoms with E-state index in [-0.39, 0.29) is 11.9 Å². The van der Waals surface area contributed by atoms with Crippen LogP contribution >= 0.6 is 0 Å². The van der Waals surface area contributed by atoms with Crippen molar-refractivity contribution >= 4 is 5.91 Å². The third-order valence-corrected chi connectivity index (χ3v) is 3.54. The molecule has 2 fully saturated rings. The molecule has 0 bridgehead atoms. The van der Waals surface area contributed by atoms with Crippen molar-refractivity contribution in [1.82, 2.24) is 5.32 Å². The Morgan fingerprint density at radius 3 is 2.50 bits per heavy atom. The fourth-order valence-electron chi connectivity index (χ4n) is 2.08. The lowest BCUT2D eigenvalue weighted by Gasteiger charge is -2.29. The first kappa shape index (κ1) is 11.5. The maximum Gasteiger partial charge on any atom is 0.250 e. The summed E-state index contributed by atoms with van der Waals surface area (Å²) in [6, 6.07) is -1.06. The van der Waals surface area contributed by atoms with E-state index in [9.17, 15) is 9.70 Å². The Hall–Kier alpha value is -0.970. The molecule has 3 N–H and O–H groups in total. The molecule has 0 aliphatic heterocycles. The number of nitrogens with zero attached hydrogens (tertiary/aromatic N) is 1. The van der Waals surface area contributed by atoms with Crippen LogP contribution in [0.1, 0.15) is 38.5 Å². The number of hydrogen-bond donors (Lipinski definition) is 2. The van der Waals surface area contributed by atoms with Gasteiger partial charge < -0.3 is 11.1 Å². The zero-order valence-electron chi connectivity index (χ0n) is 9.39. The lowest BCUT2D eigenvalue weighted by molar-refractivity contribution is -0.123. The number of hydrogen-bond acceptors (Lipinski definition) is 4. The molecule has 2 atom stereocenters. The Kier molecular flexibility index (Phi) is 3.53. The second-order valence-electron chi connectivity index (χ2n) is 5.03. The summed E-state index contributed by atoms with van der Waals surface area (Å²) in [6.45, 7) is 0. The maximum atomic E-state index is 11.7. The highest BCUT2D eigenvalue weighted by molar-refractivity contribution is 5.83. The van der Waals surface area contributed by atoms with Gasteiger partial charge in [0, 0.05) is 12.1 Å². The van der Waals surface area contributed by atoms with Gasteiger partial charge in [0.1, 0.15) is 0 Å². The molecule has 2 unspecified atom stereocenters. The van der Waals surface area contributed by atoms with Crippen molar-refractivity contribution in [3.05, 3.63) is 4.91 Å². The van der Waals surface area contributed by atoms with Crippen molar-refractivity contribution in [2.75, 3.05) is 0 Å². The molecule has 0 aromatic heterocycles. The van der Waals surface area contributed by atoms with Crippen molar-refractivity contribution in [3.8, 4) is 0 Å². The fraction of sp³-hybridized carbons (Fsp3) is 0.909. The third-order valence-electron chi connectivity index (χ3n) is 3.54. The Bertz CT molecular complexity index is 274. The van der Waals surface area contributed by atoms with Gasteiger partial charge in [-0.3, -0.25) is 4.79 Å². The summed E-state index contributed by atoms with van der Waals surface area (Å²) < 4.78 is 0. The van der Waals surface area contributed by atoms with Gasteiger partial charge in [-0.25, -0.2) is 0 Å². The normalized spacial score (nSPS) is 24.3. The summed E-state index contributed by atoms with van der Waals surface area (Å²) in [6.07, 6.45) is 6.34. The molecule has 0 saturated heterocycles. The van der Waals surface area contributed by atoms with Crippen LogP contribution < -0.4 is 11.1 Å². The quantitative estimate of drug-likeness (QED) is 0.659. The molecule has 2 aliphatic carbocycles. The Morgan fingerprint density at radius 1 is 1.38 bits per heavy atom. The second-order valence-corrected chi connectivity index (χ2v) is 5.03. The standard InChI is InChI=1S/C11H19N3O2/c12-9(6-7-2-1-3-7)10(14-16)11(15)13-8-4-5-8/h7-10H,1-6,12H2,(H,13,15). The summed E-state index contributed by atoms with van der Waals surface area (Å²) >= 11 is 0. The zero-order valence-corrected chi connectivity index (χ0v) is 9.39. The van der Waals surface area contributed by atoms with E-state index in [1.165, 1.54) is 19.3 Å². The van der Waals surface area contributed by atoms with Crippen LogP contribution in [0.25, 0.3) is 0 Å². The highest BCUT2D eigenvalue weighted by Gasteiger charge is 2.33. The SMILES string of the molecule is NC(CC1CCC1)C(N=O)C(=O)NC1CC1. The van der Waals surface area contributed by atoms with Crippen LogP contribution in [-0.2, 0) is 4.79 Å². The maximum absolute atomic E-state index is 11.7. The number of nitroso groups, excluding NO2 is 1. The minimum Gasteiger partial charge on any atom is -0.351 e. The van der Waals surface area contributed by atoms with Crippen molar-refractivity contribution in [3.63, 3.8) is 0 Å². The molecular weight excluding hydrogens is 206 g/mol. The van der Waals surface area contributed by atoms with E-state index in [1.807, 2.05) is 0 Å². The van der Waals surface area contributed by atoms with E-state index < -0.39 is 12.1 Å². The van der Waals surface area contributed by atoms with Crippen LogP contribution in [0, 0.1) is 10.8 Å². The van der Waals surface area contributed by atoms with Crippen LogP contribution in [-0.4, -0.2) is 24.0 Å². The molecule has 0 aromatic rings. The van der Waals surface area contributed by atoms with Crippen molar-refractivity contribution in [2.24, 2.45) is 16.8 Å². The first-order valence-electron chi connectivity index (χ1n) is 6.09. The van der Waals surface area contributed by atoms with Gasteiger partial charge in [0.2, 0.25) is 5.91 Å².